The van der Waals surface area contributed by atoms with E-state index in [0.29, 0.717) is 18.0 Å². The van der Waals surface area contributed by atoms with Crippen molar-refractivity contribution in [2.75, 3.05) is 18.1 Å². The van der Waals surface area contributed by atoms with E-state index in [9.17, 15) is 8.42 Å². The molecule has 1 atom stereocenters. The van der Waals surface area contributed by atoms with Gasteiger partial charge in [0.05, 0.1) is 11.5 Å². The largest absolute Gasteiger partial charge is 0.305 e. The average molecular weight is 258 g/mol. The average Bonchev–Trinajstić information content (AvgIpc) is 2.37. The maximum atomic E-state index is 11.2. The molecule has 0 bridgehead atoms. The molecule has 1 N–H and O–H groups in total. The van der Waals surface area contributed by atoms with Crippen molar-refractivity contribution in [2.45, 2.75) is 18.9 Å². The standard InChI is InChI=1S/C8H13Cl2NO2S/c1-8(11-5-7(10)4-9)2-3-14(12,13)6-8/h4,11H,2-3,5-6H2,1H3. The Morgan fingerprint density at radius 1 is 1.64 bits per heavy atom. The van der Waals surface area contributed by atoms with Gasteiger partial charge in [-0.05, 0) is 13.3 Å². The lowest BCUT2D eigenvalue weighted by atomic mass is 10.0. The van der Waals surface area contributed by atoms with Crippen LogP contribution in [0, 0.1) is 0 Å². The van der Waals surface area contributed by atoms with E-state index in [1.807, 2.05) is 6.92 Å². The van der Waals surface area contributed by atoms with E-state index < -0.39 is 9.84 Å². The smallest absolute Gasteiger partial charge is 0.152 e. The summed E-state index contributed by atoms with van der Waals surface area (Å²) < 4.78 is 22.5. The number of nitrogens with one attached hydrogen (secondary N) is 1. The lowest BCUT2D eigenvalue weighted by Crippen LogP contribution is -2.43. The Morgan fingerprint density at radius 2 is 2.29 bits per heavy atom. The molecule has 1 heterocycles. The van der Waals surface area contributed by atoms with Gasteiger partial charge in [-0.15, -0.1) is 0 Å². The SMILES string of the molecule is CC1(NCC(Cl)=CCl)CCS(=O)(=O)C1. The highest BCUT2D eigenvalue weighted by Gasteiger charge is 2.37. The zero-order valence-electron chi connectivity index (χ0n) is 7.89. The fourth-order valence-electron chi connectivity index (χ4n) is 1.49. The van der Waals surface area contributed by atoms with Crippen LogP contribution in [0.25, 0.3) is 0 Å². The highest BCUT2D eigenvalue weighted by Crippen LogP contribution is 2.23. The molecule has 0 spiro atoms. The molecule has 1 saturated heterocycles. The summed E-state index contributed by atoms with van der Waals surface area (Å²) in [6, 6.07) is 0. The van der Waals surface area contributed by atoms with Crippen LogP contribution in [0.1, 0.15) is 13.3 Å². The number of hydrogen-bond donors (Lipinski definition) is 1. The first-order valence-corrected chi connectivity index (χ1v) is 6.91. The van der Waals surface area contributed by atoms with Crippen molar-refractivity contribution in [3.8, 4) is 0 Å². The fourth-order valence-corrected chi connectivity index (χ4v) is 3.75. The summed E-state index contributed by atoms with van der Waals surface area (Å²) in [5.41, 5.74) is 0.917. The van der Waals surface area contributed by atoms with Crippen LogP contribution in [0.2, 0.25) is 0 Å². The lowest BCUT2D eigenvalue weighted by molar-refractivity contribution is 0.416. The number of rotatable bonds is 3. The first-order valence-electron chi connectivity index (χ1n) is 4.27. The molecule has 14 heavy (non-hydrogen) atoms. The summed E-state index contributed by atoms with van der Waals surface area (Å²) in [7, 11) is -2.87. The minimum atomic E-state index is -2.87. The molecule has 0 aliphatic carbocycles. The van der Waals surface area contributed by atoms with Crippen molar-refractivity contribution in [2.24, 2.45) is 0 Å². The second-order valence-corrected chi connectivity index (χ2v) is 6.70. The van der Waals surface area contributed by atoms with Gasteiger partial charge in [0.1, 0.15) is 0 Å². The summed E-state index contributed by atoms with van der Waals surface area (Å²) in [6.07, 6.45) is 0.627. The Hall–Kier alpha value is 0.230. The zero-order chi connectivity index (χ0) is 10.8. The number of halogens is 2. The highest BCUT2D eigenvalue weighted by atomic mass is 35.5. The third-order valence-electron chi connectivity index (χ3n) is 2.31. The second-order valence-electron chi connectivity index (χ2n) is 3.81. The summed E-state index contributed by atoms with van der Waals surface area (Å²) in [6.45, 7) is 2.30. The van der Waals surface area contributed by atoms with Crippen molar-refractivity contribution < 1.29 is 8.42 Å². The molecule has 1 fully saturated rings. The van der Waals surface area contributed by atoms with Crippen LogP contribution in [0.5, 0.6) is 0 Å². The Bertz CT molecular complexity index is 339. The number of hydrogen-bond acceptors (Lipinski definition) is 3. The minimum Gasteiger partial charge on any atom is -0.305 e. The van der Waals surface area contributed by atoms with E-state index in [-0.39, 0.29) is 17.0 Å². The van der Waals surface area contributed by atoms with Crippen LogP contribution < -0.4 is 5.32 Å². The van der Waals surface area contributed by atoms with Crippen LogP contribution in [0.15, 0.2) is 10.6 Å². The van der Waals surface area contributed by atoms with Gasteiger partial charge in [0, 0.05) is 22.7 Å². The Labute approximate surface area is 94.4 Å². The molecule has 0 aromatic carbocycles. The van der Waals surface area contributed by atoms with E-state index in [4.69, 9.17) is 23.2 Å². The normalized spacial score (nSPS) is 32.1. The van der Waals surface area contributed by atoms with Gasteiger partial charge in [-0.1, -0.05) is 23.2 Å². The topological polar surface area (TPSA) is 46.2 Å². The maximum Gasteiger partial charge on any atom is 0.152 e. The second kappa shape index (κ2) is 4.39. The van der Waals surface area contributed by atoms with E-state index in [1.54, 1.807) is 0 Å². The van der Waals surface area contributed by atoms with Crippen LogP contribution in [-0.2, 0) is 9.84 Å². The molecular formula is C8H13Cl2NO2S. The first-order chi connectivity index (χ1) is 6.37. The highest BCUT2D eigenvalue weighted by molar-refractivity contribution is 7.91. The van der Waals surface area contributed by atoms with E-state index in [1.165, 1.54) is 5.54 Å². The lowest BCUT2D eigenvalue weighted by Gasteiger charge is -2.23. The third kappa shape index (κ3) is 3.42. The van der Waals surface area contributed by atoms with E-state index in [2.05, 4.69) is 5.32 Å². The molecule has 0 amide bonds. The summed E-state index contributed by atoms with van der Waals surface area (Å²) in [5, 5.41) is 3.58. The van der Waals surface area contributed by atoms with Gasteiger partial charge in [-0.25, -0.2) is 8.42 Å². The molecule has 6 heteroatoms. The molecule has 0 saturated carbocycles. The summed E-state index contributed by atoms with van der Waals surface area (Å²) in [5.74, 6) is 0.422. The van der Waals surface area contributed by atoms with Gasteiger partial charge < -0.3 is 5.32 Å². The van der Waals surface area contributed by atoms with Gasteiger partial charge in [0.25, 0.3) is 0 Å². The number of sulfone groups is 1. The molecule has 0 aromatic rings. The zero-order valence-corrected chi connectivity index (χ0v) is 10.2. The summed E-state index contributed by atoms with van der Waals surface area (Å²) >= 11 is 11.1. The molecule has 82 valence electrons. The van der Waals surface area contributed by atoms with E-state index >= 15 is 0 Å². The van der Waals surface area contributed by atoms with Gasteiger partial charge >= 0.3 is 0 Å². The first kappa shape index (κ1) is 12.3. The molecule has 1 aliphatic heterocycles. The molecular weight excluding hydrogens is 245 g/mol. The van der Waals surface area contributed by atoms with Crippen molar-refractivity contribution in [3.05, 3.63) is 10.6 Å². The van der Waals surface area contributed by atoms with Crippen LogP contribution in [0.3, 0.4) is 0 Å². The summed E-state index contributed by atoms with van der Waals surface area (Å²) in [4.78, 5) is 0. The van der Waals surface area contributed by atoms with E-state index in [0.717, 1.165) is 0 Å². The fraction of sp³-hybridized carbons (Fsp3) is 0.750. The molecule has 1 aliphatic rings. The van der Waals surface area contributed by atoms with Gasteiger partial charge in [-0.2, -0.15) is 0 Å². The van der Waals surface area contributed by atoms with Crippen LogP contribution in [-0.4, -0.2) is 32.0 Å². The van der Waals surface area contributed by atoms with Crippen molar-refractivity contribution in [1.29, 1.82) is 0 Å². The molecule has 1 rings (SSSR count). The Kier molecular flexibility index (Phi) is 3.86. The van der Waals surface area contributed by atoms with Crippen molar-refractivity contribution >= 4 is 33.0 Å². The molecule has 1 unspecified atom stereocenters. The maximum absolute atomic E-state index is 11.2. The Balaban J connectivity index is 2.53. The molecule has 0 aromatic heterocycles. The predicted octanol–water partition coefficient (Wildman–Crippen LogP) is 1.47. The van der Waals surface area contributed by atoms with Crippen molar-refractivity contribution in [3.63, 3.8) is 0 Å². The van der Waals surface area contributed by atoms with Gasteiger partial charge in [0.2, 0.25) is 0 Å². The monoisotopic (exact) mass is 257 g/mol. The Morgan fingerprint density at radius 3 is 2.71 bits per heavy atom. The van der Waals surface area contributed by atoms with Crippen LogP contribution >= 0.6 is 23.2 Å². The molecule has 3 nitrogen and oxygen atoms in total. The van der Waals surface area contributed by atoms with Gasteiger partial charge in [0.15, 0.2) is 9.84 Å². The predicted molar refractivity (Wildman–Crippen MR) is 59.5 cm³/mol. The van der Waals surface area contributed by atoms with Gasteiger partial charge in [-0.3, -0.25) is 0 Å². The van der Waals surface area contributed by atoms with Crippen molar-refractivity contribution in [1.82, 2.24) is 5.32 Å². The quantitative estimate of drug-likeness (QED) is 0.833. The van der Waals surface area contributed by atoms with Crippen LogP contribution in [0.4, 0.5) is 0 Å². The third-order valence-corrected chi connectivity index (χ3v) is 4.83. The molecule has 0 radical (unpaired) electrons. The minimum absolute atomic E-state index is 0.173.